The van der Waals surface area contributed by atoms with Crippen molar-refractivity contribution in [1.82, 2.24) is 0 Å². The lowest BCUT2D eigenvalue weighted by molar-refractivity contribution is -0.128. The molecule has 5 rings (SSSR count). The van der Waals surface area contributed by atoms with Crippen LogP contribution < -0.4 is 4.90 Å². The highest BCUT2D eigenvalue weighted by atomic mass is 16.3. The van der Waals surface area contributed by atoms with Crippen molar-refractivity contribution in [3.8, 4) is 0 Å². The Morgan fingerprint density at radius 3 is 1.93 bits per heavy atom. The lowest BCUT2D eigenvalue weighted by Gasteiger charge is -2.39. The number of carbonyl (C=O) groups is 3. The molecule has 0 fully saturated rings. The van der Waals surface area contributed by atoms with E-state index in [-0.39, 0.29) is 17.5 Å². The van der Waals surface area contributed by atoms with Crippen LogP contribution in [-0.2, 0) is 16.6 Å². The second kappa shape index (κ2) is 6.21. The van der Waals surface area contributed by atoms with Gasteiger partial charge in [0.25, 0.3) is 0 Å². The van der Waals surface area contributed by atoms with E-state index in [2.05, 4.69) is 0 Å². The number of amides is 1. The summed E-state index contributed by atoms with van der Waals surface area (Å²) in [5.41, 5.74) is -2.16. The predicted molar refractivity (Wildman–Crippen MR) is 112 cm³/mol. The fourth-order valence-electron chi connectivity index (χ4n) is 4.95. The second-order valence-corrected chi connectivity index (χ2v) is 7.86. The Kier molecular flexibility index (Phi) is 3.82. The molecule has 0 aromatic heterocycles. The molecule has 1 aliphatic heterocycles. The number of para-hydroxylation sites is 1. The summed E-state index contributed by atoms with van der Waals surface area (Å²) in [5, 5.41) is 11.9. The maximum atomic E-state index is 13.8. The molecular weight excluding hydrogens is 378 g/mol. The number of carbonyl (C=O) groups excluding carboxylic acids is 3. The summed E-state index contributed by atoms with van der Waals surface area (Å²) in [6, 6.07) is 22.6. The summed E-state index contributed by atoms with van der Waals surface area (Å²) in [6.45, 7) is 0. The van der Waals surface area contributed by atoms with Crippen LogP contribution in [0.1, 0.15) is 31.8 Å². The first-order valence-electron chi connectivity index (χ1n) is 9.75. The van der Waals surface area contributed by atoms with E-state index in [0.29, 0.717) is 11.3 Å². The molecular formula is C25H19NO4. The van der Waals surface area contributed by atoms with E-state index in [1.165, 1.54) is 17.0 Å². The SMILES string of the molecule is CN1C(=O)C(Cc2ccccc2)(C2(O)C(=O)c3ccccc3C2=O)c2ccccc21. The Hall–Kier alpha value is -3.57. The zero-order chi connectivity index (χ0) is 21.1. The van der Waals surface area contributed by atoms with Crippen LogP contribution in [0, 0.1) is 0 Å². The molecule has 30 heavy (non-hydrogen) atoms. The van der Waals surface area contributed by atoms with E-state index in [1.807, 2.05) is 30.3 Å². The van der Waals surface area contributed by atoms with E-state index in [0.717, 1.165) is 5.56 Å². The normalized spacial score (nSPS) is 21.7. The van der Waals surface area contributed by atoms with Crippen LogP contribution in [0.3, 0.4) is 0 Å². The summed E-state index contributed by atoms with van der Waals surface area (Å²) in [5.74, 6) is -1.92. The topological polar surface area (TPSA) is 74.7 Å². The Bertz CT molecular complexity index is 1180. The van der Waals surface area contributed by atoms with Gasteiger partial charge in [0.05, 0.1) is 0 Å². The molecule has 5 heteroatoms. The Morgan fingerprint density at radius 1 is 0.767 bits per heavy atom. The van der Waals surface area contributed by atoms with Gasteiger partial charge in [0.2, 0.25) is 23.1 Å². The van der Waals surface area contributed by atoms with Crippen LogP contribution in [0.2, 0.25) is 0 Å². The first-order chi connectivity index (χ1) is 14.4. The summed E-state index contributed by atoms with van der Waals surface area (Å²) in [6.07, 6.45) is 0.0238. The summed E-state index contributed by atoms with van der Waals surface area (Å²) in [4.78, 5) is 42.3. The predicted octanol–water partition coefficient (Wildman–Crippen LogP) is 2.95. The molecule has 0 spiro atoms. The van der Waals surface area contributed by atoms with Gasteiger partial charge in [0.15, 0.2) is 0 Å². The molecule has 0 saturated heterocycles. The van der Waals surface area contributed by atoms with Crippen molar-refractivity contribution in [2.45, 2.75) is 17.4 Å². The fourth-order valence-corrected chi connectivity index (χ4v) is 4.95. The van der Waals surface area contributed by atoms with E-state index < -0.39 is 28.5 Å². The van der Waals surface area contributed by atoms with Crippen molar-refractivity contribution in [3.05, 3.63) is 101 Å². The number of anilines is 1. The van der Waals surface area contributed by atoms with Gasteiger partial charge in [-0.2, -0.15) is 0 Å². The smallest absolute Gasteiger partial charge is 0.241 e. The lowest BCUT2D eigenvalue weighted by atomic mass is 9.62. The molecule has 1 heterocycles. The summed E-state index contributed by atoms with van der Waals surface area (Å²) in [7, 11) is 1.61. The second-order valence-electron chi connectivity index (χ2n) is 7.86. The van der Waals surface area contributed by atoms with Crippen LogP contribution in [-0.4, -0.2) is 35.2 Å². The van der Waals surface area contributed by atoms with Gasteiger partial charge in [-0.25, -0.2) is 0 Å². The number of likely N-dealkylation sites (N-methyl/N-ethyl adjacent to an activating group) is 1. The van der Waals surface area contributed by atoms with Gasteiger partial charge in [-0.3, -0.25) is 14.4 Å². The number of aliphatic hydroxyl groups is 1. The third-order valence-electron chi connectivity index (χ3n) is 6.40. The number of ketones is 2. The van der Waals surface area contributed by atoms with Gasteiger partial charge in [-0.15, -0.1) is 0 Å². The zero-order valence-corrected chi connectivity index (χ0v) is 16.3. The average molecular weight is 397 g/mol. The molecule has 0 bridgehead atoms. The molecule has 148 valence electrons. The molecule has 3 aromatic rings. The van der Waals surface area contributed by atoms with Crippen molar-refractivity contribution < 1.29 is 19.5 Å². The van der Waals surface area contributed by atoms with Crippen molar-refractivity contribution >= 4 is 23.2 Å². The number of Topliss-reactive ketones (excluding diaryl/α,β-unsaturated/α-hetero) is 2. The third-order valence-corrected chi connectivity index (χ3v) is 6.40. The van der Waals surface area contributed by atoms with Gasteiger partial charge >= 0.3 is 0 Å². The lowest BCUT2D eigenvalue weighted by Crippen LogP contribution is -2.64. The standard InChI is InChI=1S/C25H19NO4/c1-26-20-14-8-7-13-19(20)24(23(26)29,15-16-9-3-2-4-10-16)25(30)21(27)17-11-5-6-12-18(17)22(25)28/h2-14,30H,15H2,1H3. The number of fused-ring (bicyclic) bond motifs is 2. The first-order valence-corrected chi connectivity index (χ1v) is 9.75. The molecule has 5 nitrogen and oxygen atoms in total. The van der Waals surface area contributed by atoms with E-state index in [9.17, 15) is 19.5 Å². The number of hydrogen-bond donors (Lipinski definition) is 1. The van der Waals surface area contributed by atoms with Gasteiger partial charge < -0.3 is 10.0 Å². The Balaban J connectivity index is 1.83. The summed E-state index contributed by atoms with van der Waals surface area (Å²) >= 11 is 0. The average Bonchev–Trinajstić information content (AvgIpc) is 3.12. The van der Waals surface area contributed by atoms with E-state index in [1.54, 1.807) is 43.4 Å². The van der Waals surface area contributed by atoms with Crippen LogP contribution >= 0.6 is 0 Å². The van der Waals surface area contributed by atoms with Crippen LogP contribution in [0.5, 0.6) is 0 Å². The van der Waals surface area contributed by atoms with Crippen LogP contribution in [0.15, 0.2) is 78.9 Å². The van der Waals surface area contributed by atoms with Gasteiger partial charge in [0, 0.05) is 23.9 Å². The van der Waals surface area contributed by atoms with Gasteiger partial charge in [0.1, 0.15) is 5.41 Å². The van der Waals surface area contributed by atoms with E-state index >= 15 is 0 Å². The Labute approximate surface area is 173 Å². The maximum Gasteiger partial charge on any atom is 0.241 e. The Morgan fingerprint density at radius 2 is 1.30 bits per heavy atom. The number of benzene rings is 3. The molecule has 0 saturated carbocycles. The highest BCUT2D eigenvalue weighted by Gasteiger charge is 2.71. The first kappa shape index (κ1) is 18.5. The highest BCUT2D eigenvalue weighted by Crippen LogP contribution is 2.53. The monoisotopic (exact) mass is 397 g/mol. The molecule has 3 aromatic carbocycles. The van der Waals surface area contributed by atoms with E-state index in [4.69, 9.17) is 0 Å². The molecule has 1 atom stereocenters. The minimum Gasteiger partial charge on any atom is -0.373 e. The molecule has 2 aliphatic rings. The van der Waals surface area contributed by atoms with Gasteiger partial charge in [-0.05, 0) is 23.6 Å². The zero-order valence-electron chi connectivity index (χ0n) is 16.3. The van der Waals surface area contributed by atoms with Crippen molar-refractivity contribution in [1.29, 1.82) is 0 Å². The van der Waals surface area contributed by atoms with Crippen molar-refractivity contribution in [2.24, 2.45) is 0 Å². The minimum atomic E-state index is -2.52. The van der Waals surface area contributed by atoms with Crippen LogP contribution in [0.25, 0.3) is 0 Å². The molecule has 1 unspecified atom stereocenters. The minimum absolute atomic E-state index is 0.0238. The molecule has 1 aliphatic carbocycles. The largest absolute Gasteiger partial charge is 0.373 e. The van der Waals surface area contributed by atoms with Crippen LogP contribution in [0.4, 0.5) is 5.69 Å². The number of hydrogen-bond acceptors (Lipinski definition) is 4. The molecule has 1 N–H and O–H groups in total. The maximum absolute atomic E-state index is 13.8. The van der Waals surface area contributed by atoms with Crippen molar-refractivity contribution in [3.63, 3.8) is 0 Å². The number of nitrogens with zero attached hydrogens (tertiary/aromatic N) is 1. The number of rotatable bonds is 3. The quantitative estimate of drug-likeness (QED) is 0.690. The van der Waals surface area contributed by atoms with Crippen molar-refractivity contribution in [2.75, 3.05) is 11.9 Å². The highest BCUT2D eigenvalue weighted by molar-refractivity contribution is 6.36. The summed E-state index contributed by atoms with van der Waals surface area (Å²) < 4.78 is 0. The van der Waals surface area contributed by atoms with Gasteiger partial charge in [-0.1, -0.05) is 72.8 Å². The fraction of sp³-hybridized carbons (Fsp3) is 0.160. The third kappa shape index (κ3) is 2.07. The molecule has 0 radical (unpaired) electrons. The molecule has 1 amide bonds.